The van der Waals surface area contributed by atoms with Gasteiger partial charge in [-0.2, -0.15) is 9.61 Å². The molecule has 4 aromatic heterocycles. The fourth-order valence-corrected chi connectivity index (χ4v) is 5.11. The van der Waals surface area contributed by atoms with Gasteiger partial charge in [0.05, 0.1) is 36.7 Å². The number of carbonyl (C=O) groups is 1. The number of carbonyl (C=O) groups excluding carboxylic acids is 1. The molecule has 2 N–H and O–H groups in total. The number of aromatic nitrogens is 5. The Kier molecular flexibility index (Phi) is 5.62. The molecule has 0 radical (unpaired) electrons. The molecule has 1 amide bonds. The highest BCUT2D eigenvalue weighted by atomic mass is 16.5. The third-order valence-corrected chi connectivity index (χ3v) is 7.20. The lowest BCUT2D eigenvalue weighted by atomic mass is 9.89. The first-order valence-electron chi connectivity index (χ1n) is 12.1. The molecule has 1 saturated carbocycles. The van der Waals surface area contributed by atoms with Gasteiger partial charge < -0.3 is 24.7 Å². The molecule has 6 rings (SSSR count). The Morgan fingerprint density at radius 1 is 1.26 bits per heavy atom. The van der Waals surface area contributed by atoms with Crippen LogP contribution >= 0.6 is 0 Å². The van der Waals surface area contributed by atoms with E-state index in [0.29, 0.717) is 17.8 Å². The van der Waals surface area contributed by atoms with Crippen molar-refractivity contribution >= 4 is 28.4 Å². The van der Waals surface area contributed by atoms with Crippen molar-refractivity contribution in [2.24, 2.45) is 0 Å². The zero-order valence-electron chi connectivity index (χ0n) is 19.9. The van der Waals surface area contributed by atoms with Crippen LogP contribution in [0.1, 0.15) is 42.1 Å². The van der Waals surface area contributed by atoms with E-state index in [0.717, 1.165) is 60.4 Å². The quantitative estimate of drug-likeness (QED) is 0.441. The van der Waals surface area contributed by atoms with E-state index in [4.69, 9.17) is 14.5 Å². The van der Waals surface area contributed by atoms with Crippen molar-refractivity contribution < 1.29 is 14.3 Å². The smallest absolute Gasteiger partial charge is 0.257 e. The minimum atomic E-state index is -0.193. The molecule has 10 nitrogen and oxygen atoms in total. The SMILES string of the molecule is CNc1cc(-c2cn([C@H]3CCCOC3)c3ncccc23)nc2c(C(=O)N[C@@H]3CC[C@H]3OC)cnn12. The third-order valence-electron chi connectivity index (χ3n) is 7.20. The van der Waals surface area contributed by atoms with E-state index in [1.165, 1.54) is 0 Å². The van der Waals surface area contributed by atoms with Crippen LogP contribution in [0.15, 0.2) is 36.8 Å². The summed E-state index contributed by atoms with van der Waals surface area (Å²) in [7, 11) is 3.51. The number of nitrogens with one attached hydrogen (secondary N) is 2. The molecule has 1 aliphatic heterocycles. The fraction of sp³-hybridized carbons (Fsp3) is 0.440. The number of hydrogen-bond acceptors (Lipinski definition) is 7. The maximum Gasteiger partial charge on any atom is 0.257 e. The molecule has 10 heteroatoms. The van der Waals surface area contributed by atoms with Gasteiger partial charge in [-0.3, -0.25) is 4.79 Å². The predicted molar refractivity (Wildman–Crippen MR) is 132 cm³/mol. The number of amides is 1. The van der Waals surface area contributed by atoms with Crippen molar-refractivity contribution in [1.82, 2.24) is 29.5 Å². The highest BCUT2D eigenvalue weighted by Crippen LogP contribution is 2.34. The van der Waals surface area contributed by atoms with Gasteiger partial charge in [-0.25, -0.2) is 9.97 Å². The second-order valence-corrected chi connectivity index (χ2v) is 9.20. The Hall–Kier alpha value is -3.50. The van der Waals surface area contributed by atoms with Crippen LogP contribution in [0.2, 0.25) is 0 Å². The molecule has 0 aromatic carbocycles. The maximum absolute atomic E-state index is 13.1. The number of hydrogen-bond donors (Lipinski definition) is 2. The summed E-state index contributed by atoms with van der Waals surface area (Å²) in [4.78, 5) is 22.8. The van der Waals surface area contributed by atoms with E-state index < -0.39 is 0 Å². The average molecular weight is 476 g/mol. The van der Waals surface area contributed by atoms with Gasteiger partial charge in [-0.15, -0.1) is 0 Å². The molecule has 35 heavy (non-hydrogen) atoms. The molecule has 0 spiro atoms. The molecule has 4 aromatic rings. The Balaban J connectivity index is 1.44. The molecule has 1 aliphatic carbocycles. The maximum atomic E-state index is 13.1. The van der Waals surface area contributed by atoms with Crippen LogP contribution in [-0.2, 0) is 9.47 Å². The molecule has 0 bridgehead atoms. The average Bonchev–Trinajstić information content (AvgIpc) is 3.49. The van der Waals surface area contributed by atoms with Crippen LogP contribution in [-0.4, -0.2) is 69.6 Å². The highest BCUT2D eigenvalue weighted by molar-refractivity contribution is 6.01. The Labute approximate surface area is 202 Å². The largest absolute Gasteiger partial charge is 0.379 e. The van der Waals surface area contributed by atoms with Gasteiger partial charge in [-0.1, -0.05) is 0 Å². The summed E-state index contributed by atoms with van der Waals surface area (Å²) in [6, 6.07) is 6.20. The van der Waals surface area contributed by atoms with Gasteiger partial charge in [-0.05, 0) is 37.8 Å². The molecular weight excluding hydrogens is 446 g/mol. The van der Waals surface area contributed by atoms with Crippen molar-refractivity contribution in [2.45, 2.75) is 43.9 Å². The molecule has 1 saturated heterocycles. The minimum absolute atomic E-state index is 0.0103. The number of anilines is 1. The summed E-state index contributed by atoms with van der Waals surface area (Å²) in [6.07, 6.45) is 9.49. The van der Waals surface area contributed by atoms with Crippen LogP contribution < -0.4 is 10.6 Å². The molecule has 5 heterocycles. The predicted octanol–water partition coefficient (Wildman–Crippen LogP) is 3.05. The van der Waals surface area contributed by atoms with E-state index in [-0.39, 0.29) is 24.1 Å². The van der Waals surface area contributed by atoms with Crippen molar-refractivity contribution in [3.8, 4) is 11.3 Å². The summed E-state index contributed by atoms with van der Waals surface area (Å²) in [5.41, 5.74) is 3.57. The number of nitrogens with zero attached hydrogens (tertiary/aromatic N) is 5. The summed E-state index contributed by atoms with van der Waals surface area (Å²) < 4.78 is 15.1. The topological polar surface area (TPSA) is 108 Å². The lowest BCUT2D eigenvalue weighted by molar-refractivity contribution is 0.00732. The molecular formula is C25H29N7O3. The van der Waals surface area contributed by atoms with Gasteiger partial charge >= 0.3 is 0 Å². The van der Waals surface area contributed by atoms with Crippen LogP contribution in [0.4, 0.5) is 5.82 Å². The lowest BCUT2D eigenvalue weighted by Gasteiger charge is -2.35. The fourth-order valence-electron chi connectivity index (χ4n) is 5.11. The Morgan fingerprint density at radius 2 is 2.17 bits per heavy atom. The molecule has 2 aliphatic rings. The second-order valence-electron chi connectivity index (χ2n) is 9.20. The molecule has 2 fully saturated rings. The first-order valence-corrected chi connectivity index (χ1v) is 12.1. The standard InChI is InChI=1S/C25H29N7O3/c1-26-22-11-20(18-13-31(15-5-4-10-35-14-15)23-16(18)6-3-9-27-23)29-24-17(12-28-32(22)24)25(33)30-19-7-8-21(19)34-2/h3,6,9,11-13,15,19,21,26H,4-5,7-8,10,14H2,1-2H3,(H,30,33)/t15-,19+,21+/m0/s1. The van der Waals surface area contributed by atoms with Gasteiger partial charge in [0.2, 0.25) is 0 Å². The van der Waals surface area contributed by atoms with E-state index in [1.807, 2.05) is 25.4 Å². The van der Waals surface area contributed by atoms with Gasteiger partial charge in [0.15, 0.2) is 5.65 Å². The van der Waals surface area contributed by atoms with Crippen molar-refractivity contribution in [3.63, 3.8) is 0 Å². The van der Waals surface area contributed by atoms with E-state index in [1.54, 1.807) is 17.8 Å². The van der Waals surface area contributed by atoms with Gasteiger partial charge in [0, 0.05) is 50.2 Å². The van der Waals surface area contributed by atoms with Crippen LogP contribution in [0.5, 0.6) is 0 Å². The Morgan fingerprint density at radius 3 is 2.91 bits per heavy atom. The first-order chi connectivity index (χ1) is 17.2. The normalized spacial score (nSPS) is 22.3. The lowest BCUT2D eigenvalue weighted by Crippen LogP contribution is -2.51. The third kappa shape index (κ3) is 3.73. The Bertz CT molecular complexity index is 1390. The minimum Gasteiger partial charge on any atom is -0.379 e. The first kappa shape index (κ1) is 22.0. The second kappa shape index (κ2) is 8.94. The number of methoxy groups -OCH3 is 1. The van der Waals surface area contributed by atoms with Gasteiger partial charge in [0.25, 0.3) is 5.91 Å². The van der Waals surface area contributed by atoms with Crippen molar-refractivity contribution in [3.05, 3.63) is 42.4 Å². The van der Waals surface area contributed by atoms with Crippen LogP contribution in [0.3, 0.4) is 0 Å². The zero-order valence-corrected chi connectivity index (χ0v) is 19.9. The summed E-state index contributed by atoms with van der Waals surface area (Å²) >= 11 is 0. The number of fused-ring (bicyclic) bond motifs is 2. The number of rotatable bonds is 6. The summed E-state index contributed by atoms with van der Waals surface area (Å²) in [5, 5.41) is 11.7. The molecule has 0 unspecified atom stereocenters. The molecule has 3 atom stereocenters. The monoisotopic (exact) mass is 475 g/mol. The number of ether oxygens (including phenoxy) is 2. The van der Waals surface area contributed by atoms with Crippen LogP contribution in [0, 0.1) is 0 Å². The number of pyridine rings is 1. The summed E-state index contributed by atoms with van der Waals surface area (Å²) in [6.45, 7) is 1.47. The van der Waals surface area contributed by atoms with Crippen LogP contribution in [0.25, 0.3) is 27.9 Å². The van der Waals surface area contributed by atoms with Gasteiger partial charge in [0.1, 0.15) is 17.0 Å². The van der Waals surface area contributed by atoms with E-state index in [2.05, 4.69) is 37.5 Å². The van der Waals surface area contributed by atoms with Crippen molar-refractivity contribution in [1.29, 1.82) is 0 Å². The highest BCUT2D eigenvalue weighted by Gasteiger charge is 2.33. The molecule has 182 valence electrons. The van der Waals surface area contributed by atoms with E-state index >= 15 is 0 Å². The zero-order chi connectivity index (χ0) is 23.9. The van der Waals surface area contributed by atoms with E-state index in [9.17, 15) is 4.79 Å². The van der Waals surface area contributed by atoms with Crippen molar-refractivity contribution in [2.75, 3.05) is 32.7 Å². The summed E-state index contributed by atoms with van der Waals surface area (Å²) in [5.74, 6) is 0.551.